The Labute approximate surface area is 112 Å². The third-order valence-electron chi connectivity index (χ3n) is 3.62. The summed E-state index contributed by atoms with van der Waals surface area (Å²) in [4.78, 5) is 24.9. The smallest absolute Gasteiger partial charge is 0.326 e. The molecule has 0 aromatic heterocycles. The van der Waals surface area contributed by atoms with Crippen molar-refractivity contribution in [2.75, 3.05) is 18.9 Å². The number of benzene rings is 1. The second-order valence-electron chi connectivity index (χ2n) is 4.73. The lowest BCUT2D eigenvalue weighted by Crippen LogP contribution is -2.44. The van der Waals surface area contributed by atoms with Gasteiger partial charge < -0.3 is 15.3 Å². The van der Waals surface area contributed by atoms with E-state index in [0.29, 0.717) is 13.0 Å². The van der Waals surface area contributed by atoms with E-state index in [-0.39, 0.29) is 11.8 Å². The van der Waals surface area contributed by atoms with Gasteiger partial charge in [-0.2, -0.15) is 0 Å². The predicted octanol–water partition coefficient (Wildman–Crippen LogP) is 1.52. The Morgan fingerprint density at radius 3 is 2.79 bits per heavy atom. The molecular weight excluding hydrogens is 244 g/mol. The summed E-state index contributed by atoms with van der Waals surface area (Å²) in [6, 6.07) is 6.87. The van der Waals surface area contributed by atoms with Crippen molar-refractivity contribution in [1.82, 2.24) is 4.90 Å². The fourth-order valence-electron chi connectivity index (χ4n) is 2.52. The Hall–Kier alpha value is -2.04. The first kappa shape index (κ1) is 13.4. The molecule has 1 aliphatic rings. The van der Waals surface area contributed by atoms with Crippen LogP contribution in [0.1, 0.15) is 24.8 Å². The number of carbonyl (C=O) groups excluding carboxylic acids is 1. The van der Waals surface area contributed by atoms with Gasteiger partial charge in [0, 0.05) is 19.3 Å². The first-order chi connectivity index (χ1) is 9.06. The van der Waals surface area contributed by atoms with Gasteiger partial charge in [-0.15, -0.1) is 0 Å². The van der Waals surface area contributed by atoms with Crippen LogP contribution < -0.4 is 5.32 Å². The van der Waals surface area contributed by atoms with Crippen molar-refractivity contribution < 1.29 is 14.7 Å². The van der Waals surface area contributed by atoms with Crippen LogP contribution in [-0.4, -0.2) is 41.5 Å². The summed E-state index contributed by atoms with van der Waals surface area (Å²) in [6.07, 6.45) is 0.402. The molecule has 1 aromatic rings. The number of carboxylic acids is 1. The predicted molar refractivity (Wildman–Crippen MR) is 72.2 cm³/mol. The van der Waals surface area contributed by atoms with Crippen LogP contribution in [0.3, 0.4) is 0 Å². The molecule has 2 atom stereocenters. The van der Waals surface area contributed by atoms with Crippen LogP contribution in [0.5, 0.6) is 0 Å². The molecule has 2 rings (SSSR count). The third-order valence-corrected chi connectivity index (χ3v) is 3.62. The number of fused-ring (bicyclic) bond motifs is 1. The van der Waals surface area contributed by atoms with E-state index < -0.39 is 12.0 Å². The highest BCUT2D eigenvalue weighted by molar-refractivity contribution is 5.91. The molecule has 1 aromatic carbocycles. The maximum absolute atomic E-state index is 12.4. The number of nitrogens with zero attached hydrogens (tertiary/aromatic N) is 1. The molecular formula is C14H18N2O3. The maximum atomic E-state index is 12.4. The van der Waals surface area contributed by atoms with Gasteiger partial charge in [-0.25, -0.2) is 4.79 Å². The van der Waals surface area contributed by atoms with Crippen LogP contribution in [0, 0.1) is 0 Å². The highest BCUT2D eigenvalue weighted by Crippen LogP contribution is 2.32. The van der Waals surface area contributed by atoms with Crippen molar-refractivity contribution in [1.29, 1.82) is 0 Å². The molecule has 0 radical (unpaired) electrons. The van der Waals surface area contributed by atoms with Crippen LogP contribution in [0.25, 0.3) is 0 Å². The first-order valence-corrected chi connectivity index (χ1v) is 6.38. The summed E-state index contributed by atoms with van der Waals surface area (Å²) < 4.78 is 0. The number of carboxylic acid groups (broad SMARTS) is 1. The number of hydrogen-bond acceptors (Lipinski definition) is 3. The minimum atomic E-state index is -0.961. The number of para-hydroxylation sites is 1. The monoisotopic (exact) mass is 262 g/mol. The summed E-state index contributed by atoms with van der Waals surface area (Å²) in [5.74, 6) is -1.40. The van der Waals surface area contributed by atoms with Crippen LogP contribution in [0.15, 0.2) is 24.3 Å². The Balaban J connectivity index is 2.20. The van der Waals surface area contributed by atoms with Crippen molar-refractivity contribution in [3.05, 3.63) is 29.8 Å². The number of amides is 1. The van der Waals surface area contributed by atoms with Crippen molar-refractivity contribution in [3.63, 3.8) is 0 Å². The standard InChI is InChI=1S/C14H18N2O3/c1-3-12(14(18)19)16(2)13(17)10-8-15-11-7-5-4-6-9(10)11/h4-7,10,12,15H,3,8H2,1-2H3,(H,18,19). The second kappa shape index (κ2) is 5.30. The number of rotatable bonds is 4. The Morgan fingerprint density at radius 1 is 1.47 bits per heavy atom. The van der Waals surface area contributed by atoms with Gasteiger partial charge in [0.05, 0.1) is 5.92 Å². The number of aliphatic carboxylic acids is 1. The number of likely N-dealkylation sites (N-methyl/N-ethyl adjacent to an activating group) is 1. The van der Waals surface area contributed by atoms with E-state index >= 15 is 0 Å². The first-order valence-electron chi connectivity index (χ1n) is 6.38. The Kier molecular flexibility index (Phi) is 3.74. The number of nitrogens with one attached hydrogen (secondary N) is 1. The van der Waals surface area contributed by atoms with Gasteiger partial charge in [0.2, 0.25) is 5.91 Å². The zero-order valence-corrected chi connectivity index (χ0v) is 11.1. The molecule has 2 unspecified atom stereocenters. The number of hydrogen-bond donors (Lipinski definition) is 2. The number of carbonyl (C=O) groups is 2. The van der Waals surface area contributed by atoms with Crippen LogP contribution in [0.4, 0.5) is 5.69 Å². The van der Waals surface area contributed by atoms with Gasteiger partial charge in [0.15, 0.2) is 0 Å². The molecule has 0 fully saturated rings. The summed E-state index contributed by atoms with van der Waals surface area (Å²) in [6.45, 7) is 2.29. The molecule has 0 spiro atoms. The summed E-state index contributed by atoms with van der Waals surface area (Å²) in [5.41, 5.74) is 1.90. The van der Waals surface area contributed by atoms with Gasteiger partial charge in [0.25, 0.3) is 0 Å². The molecule has 1 heterocycles. The van der Waals surface area contributed by atoms with Crippen LogP contribution >= 0.6 is 0 Å². The largest absolute Gasteiger partial charge is 0.480 e. The molecule has 0 aliphatic carbocycles. The third kappa shape index (κ3) is 2.41. The molecule has 102 valence electrons. The van der Waals surface area contributed by atoms with Gasteiger partial charge >= 0.3 is 5.97 Å². The summed E-state index contributed by atoms with van der Waals surface area (Å²) in [5, 5.41) is 12.3. The SMILES string of the molecule is CCC(C(=O)O)N(C)C(=O)C1CNc2ccccc21. The van der Waals surface area contributed by atoms with E-state index in [0.717, 1.165) is 11.3 Å². The molecule has 0 bridgehead atoms. The average molecular weight is 262 g/mol. The summed E-state index contributed by atoms with van der Waals surface area (Å²) >= 11 is 0. The topological polar surface area (TPSA) is 69.6 Å². The Bertz CT molecular complexity index is 501. The molecule has 5 nitrogen and oxygen atoms in total. The van der Waals surface area contributed by atoms with Gasteiger partial charge in [-0.05, 0) is 18.1 Å². The van der Waals surface area contributed by atoms with Crippen molar-refractivity contribution in [3.8, 4) is 0 Å². The molecule has 0 saturated heterocycles. The van der Waals surface area contributed by atoms with E-state index in [1.54, 1.807) is 14.0 Å². The zero-order valence-electron chi connectivity index (χ0n) is 11.1. The van der Waals surface area contributed by atoms with E-state index in [2.05, 4.69) is 5.32 Å². The van der Waals surface area contributed by atoms with Gasteiger partial charge in [-0.3, -0.25) is 4.79 Å². The lowest BCUT2D eigenvalue weighted by molar-refractivity contribution is -0.149. The van der Waals surface area contributed by atoms with E-state index in [1.165, 1.54) is 4.90 Å². The van der Waals surface area contributed by atoms with E-state index in [4.69, 9.17) is 5.11 Å². The second-order valence-corrected chi connectivity index (χ2v) is 4.73. The lowest BCUT2D eigenvalue weighted by atomic mass is 9.99. The Morgan fingerprint density at radius 2 is 2.16 bits per heavy atom. The van der Waals surface area contributed by atoms with Crippen molar-refractivity contribution in [2.24, 2.45) is 0 Å². The fraction of sp³-hybridized carbons (Fsp3) is 0.429. The maximum Gasteiger partial charge on any atom is 0.326 e. The van der Waals surface area contributed by atoms with E-state index in [9.17, 15) is 9.59 Å². The number of anilines is 1. The zero-order chi connectivity index (χ0) is 14.0. The lowest BCUT2D eigenvalue weighted by Gasteiger charge is -2.26. The minimum Gasteiger partial charge on any atom is -0.480 e. The average Bonchev–Trinajstić information content (AvgIpc) is 2.82. The molecule has 5 heteroatoms. The quantitative estimate of drug-likeness (QED) is 0.863. The van der Waals surface area contributed by atoms with Gasteiger partial charge in [-0.1, -0.05) is 25.1 Å². The highest BCUT2D eigenvalue weighted by Gasteiger charge is 2.34. The highest BCUT2D eigenvalue weighted by atomic mass is 16.4. The summed E-state index contributed by atoms with van der Waals surface area (Å²) in [7, 11) is 1.56. The van der Waals surface area contributed by atoms with Crippen LogP contribution in [-0.2, 0) is 9.59 Å². The fourth-order valence-corrected chi connectivity index (χ4v) is 2.52. The normalized spacial score (nSPS) is 18.3. The molecule has 1 aliphatic heterocycles. The molecule has 1 amide bonds. The van der Waals surface area contributed by atoms with Crippen molar-refractivity contribution in [2.45, 2.75) is 25.3 Å². The van der Waals surface area contributed by atoms with Crippen molar-refractivity contribution >= 4 is 17.6 Å². The van der Waals surface area contributed by atoms with E-state index in [1.807, 2.05) is 24.3 Å². The molecule has 19 heavy (non-hydrogen) atoms. The molecule has 2 N–H and O–H groups in total. The molecule has 0 saturated carbocycles. The van der Waals surface area contributed by atoms with Gasteiger partial charge in [0.1, 0.15) is 6.04 Å². The van der Waals surface area contributed by atoms with Crippen LogP contribution in [0.2, 0.25) is 0 Å². The minimum absolute atomic E-state index is 0.147.